The number of ether oxygens (including phenoxy) is 1. The molecule has 1 N–H and O–H groups in total. The van der Waals surface area contributed by atoms with Gasteiger partial charge in [0.05, 0.1) is 13.2 Å². The highest BCUT2D eigenvalue weighted by molar-refractivity contribution is 5.97. The second-order valence-electron chi connectivity index (χ2n) is 5.59. The molecular weight excluding hydrogens is 302 g/mol. The Hall–Kier alpha value is -2.62. The molecule has 0 aliphatic rings. The summed E-state index contributed by atoms with van der Waals surface area (Å²) in [5.41, 5.74) is 1.67. The lowest BCUT2D eigenvalue weighted by atomic mass is 10.0. The van der Waals surface area contributed by atoms with Crippen LogP contribution in [0, 0.1) is 0 Å². The molecule has 0 fully saturated rings. The van der Waals surface area contributed by atoms with Gasteiger partial charge in [0.2, 0.25) is 5.91 Å². The molecule has 0 saturated carbocycles. The number of amides is 1. The molecule has 0 bridgehead atoms. The molecule has 1 amide bonds. The van der Waals surface area contributed by atoms with Crippen LogP contribution < -0.4 is 10.1 Å². The van der Waals surface area contributed by atoms with Gasteiger partial charge in [0.25, 0.3) is 0 Å². The maximum atomic E-state index is 12.2. The van der Waals surface area contributed by atoms with Crippen LogP contribution in [0.4, 0.5) is 0 Å². The van der Waals surface area contributed by atoms with Gasteiger partial charge < -0.3 is 10.1 Å². The summed E-state index contributed by atoms with van der Waals surface area (Å²) in [6.45, 7) is 2.02. The van der Waals surface area contributed by atoms with Gasteiger partial charge in [-0.2, -0.15) is 0 Å². The van der Waals surface area contributed by atoms with Gasteiger partial charge in [-0.3, -0.25) is 9.59 Å². The lowest BCUT2D eigenvalue weighted by Gasteiger charge is -2.17. The normalized spacial score (nSPS) is 11.6. The Morgan fingerprint density at radius 1 is 1.00 bits per heavy atom. The second-order valence-corrected chi connectivity index (χ2v) is 5.59. The third-order valence-electron chi connectivity index (χ3n) is 3.94. The Morgan fingerprint density at radius 2 is 1.67 bits per heavy atom. The average Bonchev–Trinajstić information content (AvgIpc) is 2.65. The Bertz CT molecular complexity index is 665. The van der Waals surface area contributed by atoms with E-state index in [-0.39, 0.29) is 30.6 Å². The van der Waals surface area contributed by atoms with Crippen LogP contribution in [0.5, 0.6) is 5.75 Å². The molecule has 0 aromatic heterocycles. The molecule has 2 aromatic carbocycles. The van der Waals surface area contributed by atoms with Crippen LogP contribution in [0.1, 0.15) is 48.1 Å². The molecule has 0 heterocycles. The van der Waals surface area contributed by atoms with E-state index in [2.05, 4.69) is 5.32 Å². The summed E-state index contributed by atoms with van der Waals surface area (Å²) < 4.78 is 5.15. The number of methoxy groups -OCH3 is 1. The number of hydrogen-bond donors (Lipinski definition) is 1. The van der Waals surface area contributed by atoms with Gasteiger partial charge in [-0.1, -0.05) is 49.4 Å². The monoisotopic (exact) mass is 325 g/mol. The summed E-state index contributed by atoms with van der Waals surface area (Å²) in [4.78, 5) is 24.2. The van der Waals surface area contributed by atoms with Crippen molar-refractivity contribution in [2.45, 2.75) is 32.2 Å². The van der Waals surface area contributed by atoms with Crippen LogP contribution in [0.15, 0.2) is 54.6 Å². The Kier molecular flexibility index (Phi) is 6.55. The summed E-state index contributed by atoms with van der Waals surface area (Å²) in [5.74, 6) is 0.665. The largest absolute Gasteiger partial charge is 0.497 e. The molecule has 0 spiro atoms. The van der Waals surface area contributed by atoms with Gasteiger partial charge in [-0.05, 0) is 24.1 Å². The lowest BCUT2D eigenvalue weighted by Crippen LogP contribution is -2.28. The molecule has 2 aromatic rings. The van der Waals surface area contributed by atoms with E-state index in [1.54, 1.807) is 19.2 Å². The molecule has 4 nitrogen and oxygen atoms in total. The smallest absolute Gasteiger partial charge is 0.220 e. The van der Waals surface area contributed by atoms with Crippen molar-refractivity contribution >= 4 is 11.7 Å². The van der Waals surface area contributed by atoms with Gasteiger partial charge in [0.1, 0.15) is 5.75 Å². The van der Waals surface area contributed by atoms with Gasteiger partial charge in [-0.25, -0.2) is 0 Å². The van der Waals surface area contributed by atoms with Crippen molar-refractivity contribution in [2.24, 2.45) is 0 Å². The Morgan fingerprint density at radius 3 is 2.25 bits per heavy atom. The number of hydrogen-bond acceptors (Lipinski definition) is 3. The van der Waals surface area contributed by atoms with E-state index in [1.807, 2.05) is 49.4 Å². The molecule has 0 aliphatic carbocycles. The molecule has 0 radical (unpaired) electrons. The minimum Gasteiger partial charge on any atom is -0.497 e. The van der Waals surface area contributed by atoms with Gasteiger partial charge in [-0.15, -0.1) is 0 Å². The van der Waals surface area contributed by atoms with Crippen molar-refractivity contribution in [3.05, 3.63) is 65.7 Å². The molecule has 126 valence electrons. The second kappa shape index (κ2) is 8.87. The zero-order chi connectivity index (χ0) is 17.4. The quantitative estimate of drug-likeness (QED) is 0.748. The molecule has 0 saturated heterocycles. The number of carbonyl (C=O) groups is 2. The number of ketones is 1. The highest BCUT2D eigenvalue weighted by atomic mass is 16.5. The van der Waals surface area contributed by atoms with Crippen LogP contribution in [0.3, 0.4) is 0 Å². The molecular formula is C20H23NO3. The highest BCUT2D eigenvalue weighted by Crippen LogP contribution is 2.20. The van der Waals surface area contributed by atoms with Crippen molar-refractivity contribution < 1.29 is 14.3 Å². The first-order valence-electron chi connectivity index (χ1n) is 8.15. The fourth-order valence-electron chi connectivity index (χ4n) is 2.52. The summed E-state index contributed by atoms with van der Waals surface area (Å²) in [6, 6.07) is 16.6. The molecule has 1 unspecified atom stereocenters. The minimum absolute atomic E-state index is 0.0109. The third-order valence-corrected chi connectivity index (χ3v) is 3.94. The van der Waals surface area contributed by atoms with Crippen molar-refractivity contribution in [1.29, 1.82) is 0 Å². The van der Waals surface area contributed by atoms with E-state index in [0.29, 0.717) is 5.56 Å². The van der Waals surface area contributed by atoms with Crippen LogP contribution in [0.25, 0.3) is 0 Å². The number of carbonyl (C=O) groups excluding carboxylic acids is 2. The van der Waals surface area contributed by atoms with Crippen LogP contribution in [-0.4, -0.2) is 18.8 Å². The fraction of sp³-hybridized carbons (Fsp3) is 0.300. The maximum Gasteiger partial charge on any atom is 0.220 e. The zero-order valence-electron chi connectivity index (χ0n) is 14.1. The third kappa shape index (κ3) is 4.95. The van der Waals surface area contributed by atoms with Crippen LogP contribution in [0.2, 0.25) is 0 Å². The van der Waals surface area contributed by atoms with Crippen molar-refractivity contribution in [3.8, 4) is 5.75 Å². The lowest BCUT2D eigenvalue weighted by molar-refractivity contribution is -0.121. The minimum atomic E-state index is -0.109. The van der Waals surface area contributed by atoms with Crippen LogP contribution >= 0.6 is 0 Å². The number of Topliss-reactive ketones (excluding diaryl/α,β-unsaturated/α-hetero) is 1. The SMILES string of the molecule is CCC(NC(=O)CCC(=O)c1ccccc1)c1ccc(OC)cc1. The number of rotatable bonds is 8. The van der Waals surface area contributed by atoms with Gasteiger partial charge in [0, 0.05) is 18.4 Å². The van der Waals surface area contributed by atoms with E-state index in [4.69, 9.17) is 4.74 Å². The number of benzene rings is 2. The van der Waals surface area contributed by atoms with Crippen molar-refractivity contribution in [3.63, 3.8) is 0 Å². The first-order valence-corrected chi connectivity index (χ1v) is 8.15. The van der Waals surface area contributed by atoms with E-state index in [9.17, 15) is 9.59 Å². The molecule has 0 aliphatic heterocycles. The zero-order valence-corrected chi connectivity index (χ0v) is 14.1. The van der Waals surface area contributed by atoms with E-state index in [1.165, 1.54) is 0 Å². The maximum absolute atomic E-state index is 12.2. The molecule has 24 heavy (non-hydrogen) atoms. The highest BCUT2D eigenvalue weighted by Gasteiger charge is 2.14. The molecule has 4 heteroatoms. The fourth-order valence-corrected chi connectivity index (χ4v) is 2.52. The summed E-state index contributed by atoms with van der Waals surface area (Å²) in [6.07, 6.45) is 1.19. The Labute approximate surface area is 142 Å². The predicted octanol–water partition coefficient (Wildman–Crippen LogP) is 3.93. The first kappa shape index (κ1) is 17.7. The van der Waals surface area contributed by atoms with Gasteiger partial charge >= 0.3 is 0 Å². The first-order chi connectivity index (χ1) is 11.6. The van der Waals surface area contributed by atoms with E-state index in [0.717, 1.165) is 17.7 Å². The molecule has 2 rings (SSSR count). The van der Waals surface area contributed by atoms with Crippen LogP contribution in [-0.2, 0) is 4.79 Å². The van der Waals surface area contributed by atoms with Crippen molar-refractivity contribution in [2.75, 3.05) is 7.11 Å². The van der Waals surface area contributed by atoms with E-state index >= 15 is 0 Å². The molecule has 1 atom stereocenters. The summed E-state index contributed by atoms with van der Waals surface area (Å²) in [7, 11) is 1.62. The van der Waals surface area contributed by atoms with E-state index < -0.39 is 0 Å². The standard InChI is InChI=1S/C20H23NO3/c1-3-18(15-9-11-17(24-2)12-10-15)21-20(23)14-13-19(22)16-7-5-4-6-8-16/h4-12,18H,3,13-14H2,1-2H3,(H,21,23). The summed E-state index contributed by atoms with van der Waals surface area (Å²) in [5, 5.41) is 3.00. The summed E-state index contributed by atoms with van der Waals surface area (Å²) >= 11 is 0. The van der Waals surface area contributed by atoms with Crippen molar-refractivity contribution in [1.82, 2.24) is 5.32 Å². The average molecular weight is 325 g/mol. The predicted molar refractivity (Wildman–Crippen MR) is 94.2 cm³/mol. The van der Waals surface area contributed by atoms with Gasteiger partial charge in [0.15, 0.2) is 5.78 Å². The number of nitrogens with one attached hydrogen (secondary N) is 1. The Balaban J connectivity index is 1.88. The topological polar surface area (TPSA) is 55.4 Å².